The summed E-state index contributed by atoms with van der Waals surface area (Å²) in [5, 5.41) is -1.34. The summed E-state index contributed by atoms with van der Waals surface area (Å²) in [6.45, 7) is 5.70. The van der Waals surface area contributed by atoms with Crippen LogP contribution in [-0.4, -0.2) is 63.4 Å². The van der Waals surface area contributed by atoms with Gasteiger partial charge in [-0.1, -0.05) is 0 Å². The van der Waals surface area contributed by atoms with Crippen molar-refractivity contribution < 1.29 is 17.9 Å². The zero-order valence-corrected chi connectivity index (χ0v) is 13.1. The van der Waals surface area contributed by atoms with Crippen molar-refractivity contribution in [1.82, 2.24) is 9.62 Å². The molecule has 8 heteroatoms. The summed E-state index contributed by atoms with van der Waals surface area (Å²) in [6, 6.07) is 0.313. The van der Waals surface area contributed by atoms with Gasteiger partial charge in [-0.05, 0) is 39.8 Å². The van der Waals surface area contributed by atoms with Crippen molar-refractivity contribution in [3.63, 3.8) is 0 Å². The highest BCUT2D eigenvalue weighted by Crippen LogP contribution is 2.14. The zero-order chi connectivity index (χ0) is 15.3. The third kappa shape index (κ3) is 4.69. The Morgan fingerprint density at radius 3 is 2.35 bits per heavy atom. The number of piperidine rings is 1. The maximum Gasteiger partial charge on any atom is 0.239 e. The van der Waals surface area contributed by atoms with Gasteiger partial charge < -0.3 is 15.4 Å². The molecule has 0 aromatic heterocycles. The maximum absolute atomic E-state index is 12.1. The number of methoxy groups -OCH3 is 1. The van der Waals surface area contributed by atoms with E-state index < -0.39 is 21.2 Å². The molecule has 1 unspecified atom stereocenters. The quantitative estimate of drug-likeness (QED) is 0.646. The third-order valence-corrected chi connectivity index (χ3v) is 5.38. The number of nitrogens with zero attached hydrogens (tertiary/aromatic N) is 1. The second kappa shape index (κ2) is 7.35. The van der Waals surface area contributed by atoms with E-state index in [9.17, 15) is 13.2 Å². The highest BCUT2D eigenvalue weighted by atomic mass is 32.2. The van der Waals surface area contributed by atoms with Gasteiger partial charge in [0.1, 0.15) is 0 Å². The molecule has 0 bridgehead atoms. The number of carbonyl (C=O) groups is 1. The molecule has 1 aliphatic rings. The zero-order valence-electron chi connectivity index (χ0n) is 12.3. The summed E-state index contributed by atoms with van der Waals surface area (Å²) in [5.74, 6) is -0.890. The normalized spacial score (nSPS) is 20.2. The maximum atomic E-state index is 12.1. The number of hydrogen-bond acceptors (Lipinski definition) is 5. The fraction of sp³-hybridized carbons (Fsp3) is 0.917. The van der Waals surface area contributed by atoms with E-state index >= 15 is 0 Å². The van der Waals surface area contributed by atoms with Gasteiger partial charge in [0.05, 0.1) is 6.61 Å². The summed E-state index contributed by atoms with van der Waals surface area (Å²) in [6.07, 6.45) is 1.46. The Labute approximate surface area is 120 Å². The minimum absolute atomic E-state index is 0.145. The van der Waals surface area contributed by atoms with Crippen LogP contribution in [0.3, 0.4) is 0 Å². The van der Waals surface area contributed by atoms with Gasteiger partial charge in [-0.3, -0.25) is 4.79 Å². The van der Waals surface area contributed by atoms with Crippen molar-refractivity contribution in [3.8, 4) is 0 Å². The van der Waals surface area contributed by atoms with Crippen LogP contribution in [0.5, 0.6) is 0 Å². The van der Waals surface area contributed by atoms with Gasteiger partial charge in [0.15, 0.2) is 5.25 Å². The second-order valence-electron chi connectivity index (χ2n) is 5.41. The average Bonchev–Trinajstić information content (AvgIpc) is 2.35. The topological polar surface area (TPSA) is 102 Å². The Bertz CT molecular complexity index is 416. The molecule has 118 valence electrons. The van der Waals surface area contributed by atoms with E-state index in [0.717, 1.165) is 25.9 Å². The molecule has 20 heavy (non-hydrogen) atoms. The number of amides is 1. The predicted molar refractivity (Wildman–Crippen MR) is 76.6 cm³/mol. The van der Waals surface area contributed by atoms with Crippen LogP contribution in [-0.2, 0) is 19.6 Å². The van der Waals surface area contributed by atoms with Gasteiger partial charge in [0.2, 0.25) is 15.9 Å². The average molecular weight is 307 g/mol. The highest BCUT2D eigenvalue weighted by molar-refractivity contribution is 7.90. The van der Waals surface area contributed by atoms with Crippen molar-refractivity contribution in [2.45, 2.75) is 44.0 Å². The SMILES string of the molecule is COCC(C(N)=O)S(=O)(=O)NC1CCN(C(C)C)CC1. The van der Waals surface area contributed by atoms with Gasteiger partial charge in [-0.15, -0.1) is 0 Å². The van der Waals surface area contributed by atoms with Gasteiger partial charge in [-0.25, -0.2) is 13.1 Å². The molecule has 1 fully saturated rings. The minimum Gasteiger partial charge on any atom is -0.383 e. The van der Waals surface area contributed by atoms with Crippen LogP contribution >= 0.6 is 0 Å². The van der Waals surface area contributed by atoms with Crippen LogP contribution in [0, 0.1) is 0 Å². The molecule has 7 nitrogen and oxygen atoms in total. The Morgan fingerprint density at radius 1 is 1.40 bits per heavy atom. The first-order valence-corrected chi connectivity index (χ1v) is 8.36. The molecule has 0 aromatic carbocycles. The van der Waals surface area contributed by atoms with Crippen LogP contribution in [0.25, 0.3) is 0 Å². The number of primary amides is 1. The molecule has 0 spiro atoms. The molecule has 1 atom stereocenters. The Kier molecular flexibility index (Phi) is 6.38. The molecule has 1 saturated heterocycles. The predicted octanol–water partition coefficient (Wildman–Crippen LogP) is -0.721. The largest absolute Gasteiger partial charge is 0.383 e. The lowest BCUT2D eigenvalue weighted by Gasteiger charge is -2.35. The minimum atomic E-state index is -3.79. The lowest BCUT2D eigenvalue weighted by atomic mass is 10.1. The van der Waals surface area contributed by atoms with Crippen LogP contribution in [0.1, 0.15) is 26.7 Å². The molecular weight excluding hydrogens is 282 g/mol. The number of ether oxygens (including phenoxy) is 1. The third-order valence-electron chi connectivity index (χ3n) is 3.60. The number of sulfonamides is 1. The van der Waals surface area contributed by atoms with Crippen LogP contribution in [0.2, 0.25) is 0 Å². The molecular formula is C12H25N3O4S. The molecule has 3 N–H and O–H groups in total. The van der Waals surface area contributed by atoms with Crippen LogP contribution < -0.4 is 10.5 Å². The number of hydrogen-bond donors (Lipinski definition) is 2. The van der Waals surface area contributed by atoms with Gasteiger partial charge in [0, 0.05) is 19.2 Å². The van der Waals surface area contributed by atoms with Crippen molar-refractivity contribution in [2.75, 3.05) is 26.8 Å². The van der Waals surface area contributed by atoms with Crippen LogP contribution in [0.15, 0.2) is 0 Å². The molecule has 0 radical (unpaired) electrons. The Hall–Kier alpha value is -0.700. The lowest BCUT2D eigenvalue weighted by molar-refractivity contribution is -0.118. The molecule has 1 aliphatic heterocycles. The Morgan fingerprint density at radius 2 is 1.95 bits per heavy atom. The fourth-order valence-electron chi connectivity index (χ4n) is 2.32. The number of nitrogens with two attached hydrogens (primary N) is 1. The van der Waals surface area contributed by atoms with E-state index in [1.165, 1.54) is 7.11 Å². The monoisotopic (exact) mass is 307 g/mol. The van der Waals surface area contributed by atoms with E-state index in [1.807, 2.05) is 0 Å². The summed E-state index contributed by atoms with van der Waals surface area (Å²) in [4.78, 5) is 13.5. The molecule has 1 heterocycles. The summed E-state index contributed by atoms with van der Waals surface area (Å²) < 4.78 is 31.6. The molecule has 0 aromatic rings. The smallest absolute Gasteiger partial charge is 0.239 e. The summed E-state index contributed by atoms with van der Waals surface area (Å²) in [7, 11) is -2.45. The first kappa shape index (κ1) is 17.4. The van der Waals surface area contributed by atoms with Gasteiger partial charge in [0.25, 0.3) is 0 Å². The van der Waals surface area contributed by atoms with E-state index in [2.05, 4.69) is 23.5 Å². The number of nitrogens with one attached hydrogen (secondary N) is 1. The molecule has 1 rings (SSSR count). The number of rotatable bonds is 7. The van der Waals surface area contributed by atoms with E-state index in [0.29, 0.717) is 6.04 Å². The number of likely N-dealkylation sites (tertiary alicyclic amines) is 1. The van der Waals surface area contributed by atoms with Gasteiger partial charge in [-0.2, -0.15) is 0 Å². The fourth-order valence-corrected chi connectivity index (χ4v) is 3.81. The highest BCUT2D eigenvalue weighted by Gasteiger charge is 2.33. The number of carbonyl (C=O) groups excluding carboxylic acids is 1. The van der Waals surface area contributed by atoms with Gasteiger partial charge >= 0.3 is 0 Å². The van der Waals surface area contributed by atoms with E-state index in [-0.39, 0.29) is 12.6 Å². The standard InChI is InChI=1S/C12H25N3O4S/c1-9(2)15-6-4-10(5-7-15)14-20(17,18)11(8-19-3)12(13)16/h9-11,14H,4-8H2,1-3H3,(H2,13,16). The first-order chi connectivity index (χ1) is 9.27. The summed E-state index contributed by atoms with van der Waals surface area (Å²) in [5.41, 5.74) is 5.13. The Balaban J connectivity index is 2.61. The molecule has 1 amide bonds. The molecule has 0 saturated carbocycles. The van der Waals surface area contributed by atoms with Crippen molar-refractivity contribution >= 4 is 15.9 Å². The van der Waals surface area contributed by atoms with Crippen molar-refractivity contribution in [1.29, 1.82) is 0 Å². The van der Waals surface area contributed by atoms with E-state index in [1.54, 1.807) is 0 Å². The molecule has 0 aliphatic carbocycles. The second-order valence-corrected chi connectivity index (χ2v) is 7.31. The van der Waals surface area contributed by atoms with Crippen LogP contribution in [0.4, 0.5) is 0 Å². The van der Waals surface area contributed by atoms with E-state index in [4.69, 9.17) is 10.5 Å². The lowest BCUT2D eigenvalue weighted by Crippen LogP contribution is -2.52. The summed E-state index contributed by atoms with van der Waals surface area (Å²) >= 11 is 0. The van der Waals surface area contributed by atoms with Crippen molar-refractivity contribution in [2.24, 2.45) is 5.73 Å². The van der Waals surface area contributed by atoms with Crippen molar-refractivity contribution in [3.05, 3.63) is 0 Å². The first-order valence-electron chi connectivity index (χ1n) is 6.81.